The maximum absolute atomic E-state index is 12.1. The molecule has 5 heteroatoms. The van der Waals surface area contributed by atoms with Gasteiger partial charge < -0.3 is 10.2 Å². The number of amides is 1. The Morgan fingerprint density at radius 1 is 1.56 bits per heavy atom. The molecule has 1 aliphatic heterocycles. The lowest BCUT2D eigenvalue weighted by atomic mass is 10.0. The van der Waals surface area contributed by atoms with E-state index < -0.39 is 0 Å². The van der Waals surface area contributed by atoms with E-state index in [1.165, 1.54) is 19.0 Å². The number of carbonyl (C=O) groups is 1. The molecular weight excluding hydrogens is 250 g/mol. The first-order valence-electron chi connectivity index (χ1n) is 6.27. The van der Waals surface area contributed by atoms with Gasteiger partial charge in [-0.15, -0.1) is 0 Å². The third-order valence-electron chi connectivity index (χ3n) is 3.20. The highest BCUT2D eigenvalue weighted by molar-refractivity contribution is 6.30. The summed E-state index contributed by atoms with van der Waals surface area (Å²) in [7, 11) is 1.81. The van der Waals surface area contributed by atoms with Crippen LogP contribution in [0.25, 0.3) is 0 Å². The van der Waals surface area contributed by atoms with Crippen molar-refractivity contribution in [3.05, 3.63) is 29.0 Å². The Hall–Kier alpha value is -1.13. The Kier molecular flexibility index (Phi) is 4.55. The maximum atomic E-state index is 12.1. The lowest BCUT2D eigenvalue weighted by Crippen LogP contribution is -2.44. The molecule has 1 aliphatic rings. The number of nitrogens with zero attached hydrogens (tertiary/aromatic N) is 2. The number of likely N-dealkylation sites (N-methyl/N-ethyl adjacent to an activating group) is 1. The van der Waals surface area contributed by atoms with Gasteiger partial charge in [-0.3, -0.25) is 4.79 Å². The molecule has 1 atom stereocenters. The number of aromatic nitrogens is 1. The third-order valence-corrected chi connectivity index (χ3v) is 3.42. The Bertz CT molecular complexity index is 401. The van der Waals surface area contributed by atoms with E-state index in [1.807, 2.05) is 7.05 Å². The molecule has 0 radical (unpaired) electrons. The van der Waals surface area contributed by atoms with Crippen LogP contribution >= 0.6 is 11.6 Å². The molecule has 2 heterocycles. The Morgan fingerprint density at radius 3 is 3.00 bits per heavy atom. The van der Waals surface area contributed by atoms with E-state index in [0.717, 1.165) is 19.5 Å². The van der Waals surface area contributed by atoms with Gasteiger partial charge in [-0.1, -0.05) is 18.0 Å². The van der Waals surface area contributed by atoms with Crippen molar-refractivity contribution < 1.29 is 4.79 Å². The summed E-state index contributed by atoms with van der Waals surface area (Å²) in [5.41, 5.74) is 0.442. The fourth-order valence-corrected chi connectivity index (χ4v) is 2.30. The van der Waals surface area contributed by atoms with Crippen LogP contribution in [0.3, 0.4) is 0 Å². The number of hydrogen-bond acceptors (Lipinski definition) is 3. The lowest BCUT2D eigenvalue weighted by molar-refractivity contribution is 0.0769. The van der Waals surface area contributed by atoms with Crippen molar-refractivity contribution in [3.63, 3.8) is 0 Å². The average molecular weight is 268 g/mol. The zero-order chi connectivity index (χ0) is 13.0. The molecule has 98 valence electrons. The first-order chi connectivity index (χ1) is 8.66. The van der Waals surface area contributed by atoms with Crippen LogP contribution in [-0.4, -0.2) is 42.0 Å². The first kappa shape index (κ1) is 13.3. The fourth-order valence-electron chi connectivity index (χ4n) is 2.19. The topological polar surface area (TPSA) is 45.2 Å². The molecule has 1 unspecified atom stereocenters. The number of pyridine rings is 1. The van der Waals surface area contributed by atoms with Gasteiger partial charge in [0.15, 0.2) is 0 Å². The van der Waals surface area contributed by atoms with Gasteiger partial charge in [0, 0.05) is 25.8 Å². The number of hydrogen-bond donors (Lipinski definition) is 1. The SMILES string of the molecule is CN(CC1CCCCN1)C(=O)c1ccc(Cl)cn1. The molecule has 1 saturated heterocycles. The zero-order valence-corrected chi connectivity index (χ0v) is 11.3. The fraction of sp³-hybridized carbons (Fsp3) is 0.538. The quantitative estimate of drug-likeness (QED) is 0.911. The highest BCUT2D eigenvalue weighted by Gasteiger charge is 2.19. The van der Waals surface area contributed by atoms with E-state index in [1.54, 1.807) is 17.0 Å². The Morgan fingerprint density at radius 2 is 2.39 bits per heavy atom. The molecule has 1 aromatic heterocycles. The molecule has 2 rings (SSSR count). The molecule has 0 bridgehead atoms. The lowest BCUT2D eigenvalue weighted by Gasteiger charge is -2.28. The van der Waals surface area contributed by atoms with Crippen molar-refractivity contribution in [2.24, 2.45) is 0 Å². The van der Waals surface area contributed by atoms with E-state index in [2.05, 4.69) is 10.3 Å². The zero-order valence-electron chi connectivity index (χ0n) is 10.5. The number of piperidine rings is 1. The van der Waals surface area contributed by atoms with Crippen LogP contribution in [0.1, 0.15) is 29.8 Å². The van der Waals surface area contributed by atoms with Crippen LogP contribution in [0.4, 0.5) is 0 Å². The predicted octanol–water partition coefficient (Wildman–Crippen LogP) is 1.95. The van der Waals surface area contributed by atoms with Gasteiger partial charge in [0.05, 0.1) is 5.02 Å². The number of halogens is 1. The summed E-state index contributed by atoms with van der Waals surface area (Å²) >= 11 is 5.75. The van der Waals surface area contributed by atoms with E-state index in [9.17, 15) is 4.79 Å². The average Bonchev–Trinajstić information content (AvgIpc) is 2.40. The van der Waals surface area contributed by atoms with Crippen LogP contribution in [0.5, 0.6) is 0 Å². The van der Waals surface area contributed by atoms with Crippen LogP contribution in [0, 0.1) is 0 Å². The van der Waals surface area contributed by atoms with Gasteiger partial charge in [-0.05, 0) is 31.5 Å². The summed E-state index contributed by atoms with van der Waals surface area (Å²) in [6, 6.07) is 3.75. The second-order valence-corrected chi connectivity index (χ2v) is 5.13. The second kappa shape index (κ2) is 6.16. The van der Waals surface area contributed by atoms with Gasteiger partial charge in [-0.2, -0.15) is 0 Å². The molecule has 4 nitrogen and oxygen atoms in total. The van der Waals surface area contributed by atoms with Crippen molar-refractivity contribution >= 4 is 17.5 Å². The molecule has 1 aromatic rings. The molecule has 18 heavy (non-hydrogen) atoms. The Balaban J connectivity index is 1.93. The van der Waals surface area contributed by atoms with Crippen LogP contribution in [0.15, 0.2) is 18.3 Å². The van der Waals surface area contributed by atoms with Gasteiger partial charge in [0.25, 0.3) is 5.91 Å². The normalized spacial score (nSPS) is 19.6. The van der Waals surface area contributed by atoms with Crippen molar-refractivity contribution in [2.45, 2.75) is 25.3 Å². The van der Waals surface area contributed by atoms with Crippen molar-refractivity contribution in [3.8, 4) is 0 Å². The summed E-state index contributed by atoms with van der Waals surface area (Å²) in [6.45, 7) is 1.77. The smallest absolute Gasteiger partial charge is 0.272 e. The molecule has 0 aliphatic carbocycles. The molecular formula is C13H18ClN3O. The molecule has 1 fully saturated rings. The number of nitrogens with one attached hydrogen (secondary N) is 1. The summed E-state index contributed by atoms with van der Waals surface area (Å²) in [6.07, 6.45) is 5.10. The number of carbonyl (C=O) groups excluding carboxylic acids is 1. The van der Waals surface area contributed by atoms with Crippen molar-refractivity contribution in [1.82, 2.24) is 15.2 Å². The van der Waals surface area contributed by atoms with Crippen LogP contribution < -0.4 is 5.32 Å². The van der Waals surface area contributed by atoms with Gasteiger partial charge in [0.2, 0.25) is 0 Å². The van der Waals surface area contributed by atoms with E-state index in [0.29, 0.717) is 16.8 Å². The number of rotatable bonds is 3. The minimum absolute atomic E-state index is 0.0564. The third kappa shape index (κ3) is 3.43. The van der Waals surface area contributed by atoms with Crippen molar-refractivity contribution in [1.29, 1.82) is 0 Å². The van der Waals surface area contributed by atoms with Crippen LogP contribution in [0.2, 0.25) is 5.02 Å². The second-order valence-electron chi connectivity index (χ2n) is 4.69. The minimum Gasteiger partial charge on any atom is -0.339 e. The highest BCUT2D eigenvalue weighted by atomic mass is 35.5. The Labute approximate surface area is 112 Å². The molecule has 1 N–H and O–H groups in total. The monoisotopic (exact) mass is 267 g/mol. The molecule has 0 spiro atoms. The minimum atomic E-state index is -0.0564. The summed E-state index contributed by atoms with van der Waals surface area (Å²) in [4.78, 5) is 17.9. The van der Waals surface area contributed by atoms with Gasteiger partial charge >= 0.3 is 0 Å². The van der Waals surface area contributed by atoms with Gasteiger partial charge in [-0.25, -0.2) is 4.98 Å². The summed E-state index contributed by atoms with van der Waals surface area (Å²) in [5.74, 6) is -0.0564. The van der Waals surface area contributed by atoms with E-state index in [4.69, 9.17) is 11.6 Å². The molecule has 0 saturated carbocycles. The first-order valence-corrected chi connectivity index (χ1v) is 6.65. The standard InChI is InChI=1S/C13H18ClN3O/c1-17(9-11-4-2-3-7-15-11)13(18)12-6-5-10(14)8-16-12/h5-6,8,11,15H,2-4,7,9H2,1H3. The highest BCUT2D eigenvalue weighted by Crippen LogP contribution is 2.11. The van der Waals surface area contributed by atoms with E-state index >= 15 is 0 Å². The maximum Gasteiger partial charge on any atom is 0.272 e. The predicted molar refractivity (Wildman–Crippen MR) is 71.8 cm³/mol. The van der Waals surface area contributed by atoms with E-state index in [-0.39, 0.29) is 5.91 Å². The van der Waals surface area contributed by atoms with Crippen molar-refractivity contribution in [2.75, 3.05) is 20.1 Å². The molecule has 0 aromatic carbocycles. The largest absolute Gasteiger partial charge is 0.339 e. The van der Waals surface area contributed by atoms with Gasteiger partial charge in [0.1, 0.15) is 5.69 Å². The molecule has 1 amide bonds. The van der Waals surface area contributed by atoms with Crippen LogP contribution in [-0.2, 0) is 0 Å². The summed E-state index contributed by atoms with van der Waals surface area (Å²) < 4.78 is 0. The summed E-state index contributed by atoms with van der Waals surface area (Å²) in [5, 5.41) is 3.97.